The minimum Gasteiger partial charge on any atom is -0.468 e. The Hall–Kier alpha value is -2.66. The summed E-state index contributed by atoms with van der Waals surface area (Å²) in [5, 5.41) is 4.53. The molecule has 0 bridgehead atoms. The van der Waals surface area contributed by atoms with Crippen molar-refractivity contribution >= 4 is 35.0 Å². The van der Waals surface area contributed by atoms with E-state index in [0.29, 0.717) is 15.6 Å². The maximum Gasteiger partial charge on any atom is 0.323 e. The Labute approximate surface area is 191 Å². The average Bonchev–Trinajstić information content (AvgIpc) is 3.20. The first-order valence-corrected chi connectivity index (χ1v) is 10.7. The van der Waals surface area contributed by atoms with E-state index in [1.807, 2.05) is 42.5 Å². The Bertz CT molecular complexity index is 1070. The number of Topliss-reactive ketones (excluding diaryl/α,β-unsaturated/α-hetero) is 1. The molecule has 4 nitrogen and oxygen atoms in total. The third kappa shape index (κ3) is 4.38. The van der Waals surface area contributed by atoms with Gasteiger partial charge in [-0.2, -0.15) is 0 Å². The van der Waals surface area contributed by atoms with Crippen molar-refractivity contribution < 1.29 is 14.3 Å². The second-order valence-corrected chi connectivity index (χ2v) is 8.40. The lowest BCUT2D eigenvalue weighted by atomic mass is 9.76. The molecule has 4 rings (SSSR count). The van der Waals surface area contributed by atoms with Crippen LogP contribution in [0.4, 0.5) is 0 Å². The van der Waals surface area contributed by atoms with Gasteiger partial charge in [0.05, 0.1) is 13.0 Å². The van der Waals surface area contributed by atoms with Gasteiger partial charge in [-0.15, -0.1) is 0 Å². The number of esters is 1. The molecule has 1 aliphatic rings. The molecular formula is C25H21Cl2NO3. The Morgan fingerprint density at radius 2 is 1.39 bits per heavy atom. The van der Waals surface area contributed by atoms with Crippen molar-refractivity contribution in [3.8, 4) is 0 Å². The number of carbonyl (C=O) groups excluding carboxylic acids is 2. The molecule has 1 aliphatic heterocycles. The van der Waals surface area contributed by atoms with Gasteiger partial charge in [-0.25, -0.2) is 0 Å². The number of benzene rings is 3. The van der Waals surface area contributed by atoms with Crippen LogP contribution in [0.1, 0.15) is 33.4 Å². The second-order valence-electron chi connectivity index (χ2n) is 7.53. The van der Waals surface area contributed by atoms with Crippen LogP contribution in [0.3, 0.4) is 0 Å². The monoisotopic (exact) mass is 453 g/mol. The molecule has 0 aliphatic carbocycles. The molecular weight excluding hydrogens is 433 g/mol. The molecule has 31 heavy (non-hydrogen) atoms. The summed E-state index contributed by atoms with van der Waals surface area (Å²) in [6.45, 7) is 0. The van der Waals surface area contributed by atoms with Gasteiger partial charge in [0.25, 0.3) is 0 Å². The van der Waals surface area contributed by atoms with Crippen molar-refractivity contribution in [3.05, 3.63) is 106 Å². The summed E-state index contributed by atoms with van der Waals surface area (Å²) in [7, 11) is 1.36. The highest BCUT2D eigenvalue weighted by Gasteiger charge is 2.51. The smallest absolute Gasteiger partial charge is 0.323 e. The van der Waals surface area contributed by atoms with Crippen molar-refractivity contribution in [3.63, 3.8) is 0 Å². The van der Waals surface area contributed by atoms with Crippen LogP contribution in [0.2, 0.25) is 10.0 Å². The van der Waals surface area contributed by atoms with Crippen molar-refractivity contribution in [2.45, 2.75) is 18.0 Å². The van der Waals surface area contributed by atoms with Crippen LogP contribution < -0.4 is 5.32 Å². The molecule has 0 unspecified atom stereocenters. The minimum absolute atomic E-state index is 0.0654. The lowest BCUT2D eigenvalue weighted by molar-refractivity contribution is -0.143. The molecule has 158 valence electrons. The fraction of sp³-hybridized carbons (Fsp3) is 0.200. The molecule has 6 heteroatoms. The van der Waals surface area contributed by atoms with Crippen molar-refractivity contribution in [1.29, 1.82) is 0 Å². The molecule has 0 aromatic heterocycles. The third-order valence-electron chi connectivity index (χ3n) is 5.76. The average molecular weight is 454 g/mol. The SMILES string of the molecule is COC(=O)[C@H]1N[C@@H](c2ccc(Cl)cc2)[C@@H](C(=O)c2ccc(Cl)cc2)[C@@H]1c1ccccc1. The fourth-order valence-corrected chi connectivity index (χ4v) is 4.58. The summed E-state index contributed by atoms with van der Waals surface area (Å²) in [4.78, 5) is 26.5. The highest BCUT2D eigenvalue weighted by molar-refractivity contribution is 6.30. The van der Waals surface area contributed by atoms with E-state index in [9.17, 15) is 9.59 Å². The normalized spacial score (nSPS) is 22.8. The third-order valence-corrected chi connectivity index (χ3v) is 6.27. The van der Waals surface area contributed by atoms with Crippen molar-refractivity contribution in [2.24, 2.45) is 5.92 Å². The van der Waals surface area contributed by atoms with E-state index in [2.05, 4.69) is 5.32 Å². The molecule has 3 aromatic carbocycles. The Morgan fingerprint density at radius 1 is 0.806 bits per heavy atom. The Balaban J connectivity index is 1.85. The highest BCUT2D eigenvalue weighted by atomic mass is 35.5. The number of methoxy groups -OCH3 is 1. The molecule has 0 saturated carbocycles. The van der Waals surface area contributed by atoms with E-state index in [1.165, 1.54) is 7.11 Å². The second kappa shape index (κ2) is 9.23. The molecule has 3 aromatic rings. The summed E-state index contributed by atoms with van der Waals surface area (Å²) in [5.41, 5.74) is 2.32. The van der Waals surface area contributed by atoms with Crippen LogP contribution in [0, 0.1) is 5.92 Å². The van der Waals surface area contributed by atoms with Crippen LogP contribution in [0.5, 0.6) is 0 Å². The van der Waals surface area contributed by atoms with E-state index in [1.54, 1.807) is 36.4 Å². The largest absolute Gasteiger partial charge is 0.468 e. The van der Waals surface area contributed by atoms with Gasteiger partial charge in [0.1, 0.15) is 6.04 Å². The first kappa shape index (κ1) is 21.6. The summed E-state index contributed by atoms with van der Waals surface area (Å²) < 4.78 is 5.09. The fourth-order valence-electron chi connectivity index (χ4n) is 4.33. The first-order valence-electron chi connectivity index (χ1n) is 9.93. The van der Waals surface area contributed by atoms with Crippen LogP contribution in [-0.2, 0) is 9.53 Å². The number of carbonyl (C=O) groups is 2. The zero-order valence-electron chi connectivity index (χ0n) is 16.8. The number of rotatable bonds is 5. The molecule has 4 atom stereocenters. The van der Waals surface area contributed by atoms with Gasteiger partial charge in [-0.1, -0.05) is 65.7 Å². The molecule has 1 fully saturated rings. The number of ketones is 1. The topological polar surface area (TPSA) is 55.4 Å². The summed E-state index contributed by atoms with van der Waals surface area (Å²) in [5.74, 6) is -1.41. The Kier molecular flexibility index (Phi) is 6.42. The zero-order chi connectivity index (χ0) is 22.0. The van der Waals surface area contributed by atoms with Gasteiger partial charge >= 0.3 is 5.97 Å². The maximum absolute atomic E-state index is 13.8. The minimum atomic E-state index is -0.672. The molecule has 1 heterocycles. The number of hydrogen-bond acceptors (Lipinski definition) is 4. The highest BCUT2D eigenvalue weighted by Crippen LogP contribution is 2.45. The molecule has 0 amide bonds. The Morgan fingerprint density at radius 3 is 1.97 bits per heavy atom. The maximum atomic E-state index is 13.8. The van der Waals surface area contributed by atoms with Crippen molar-refractivity contribution in [2.75, 3.05) is 7.11 Å². The predicted octanol–water partition coefficient (Wildman–Crippen LogP) is 5.46. The van der Waals surface area contributed by atoms with Gasteiger partial charge in [0.15, 0.2) is 5.78 Å². The number of hydrogen-bond donors (Lipinski definition) is 1. The number of ether oxygens (including phenoxy) is 1. The van der Waals surface area contributed by atoms with E-state index in [0.717, 1.165) is 11.1 Å². The lowest BCUT2D eigenvalue weighted by Crippen LogP contribution is -2.36. The van der Waals surface area contributed by atoms with E-state index in [4.69, 9.17) is 27.9 Å². The first-order chi connectivity index (χ1) is 15.0. The predicted molar refractivity (Wildman–Crippen MR) is 122 cm³/mol. The summed E-state index contributed by atoms with van der Waals surface area (Å²) in [6.07, 6.45) is 0. The van der Waals surface area contributed by atoms with Crippen molar-refractivity contribution in [1.82, 2.24) is 5.32 Å². The molecule has 0 spiro atoms. The van der Waals surface area contributed by atoms with Gasteiger partial charge in [0, 0.05) is 27.6 Å². The van der Waals surface area contributed by atoms with Crippen LogP contribution in [-0.4, -0.2) is 24.9 Å². The van der Waals surface area contributed by atoms with Gasteiger partial charge in [-0.05, 0) is 47.5 Å². The molecule has 1 N–H and O–H groups in total. The lowest BCUT2D eigenvalue weighted by Gasteiger charge is -2.25. The van der Waals surface area contributed by atoms with Crippen LogP contribution in [0.15, 0.2) is 78.9 Å². The standard InChI is InChI=1S/C25H21Cl2NO3/c1-31-25(30)23-20(15-5-3-2-4-6-15)21(24(29)17-9-13-19(27)14-10-17)22(28-23)16-7-11-18(26)12-8-16/h2-14,20-23,28H,1H3/t20-,21-,22-,23-/m0/s1. The van der Waals surface area contributed by atoms with Gasteiger partial charge in [-0.3, -0.25) is 14.9 Å². The zero-order valence-corrected chi connectivity index (χ0v) is 18.3. The van der Waals surface area contributed by atoms with Crippen LogP contribution in [0.25, 0.3) is 0 Å². The summed E-state index contributed by atoms with van der Waals surface area (Å²) >= 11 is 12.1. The van der Waals surface area contributed by atoms with Gasteiger partial charge in [0.2, 0.25) is 0 Å². The molecule has 0 radical (unpaired) electrons. The summed E-state index contributed by atoms with van der Waals surface area (Å²) in [6, 6.07) is 22.7. The van der Waals surface area contributed by atoms with E-state index < -0.39 is 29.9 Å². The molecule has 1 saturated heterocycles. The van der Waals surface area contributed by atoms with Crippen LogP contribution >= 0.6 is 23.2 Å². The number of halogens is 2. The van der Waals surface area contributed by atoms with Gasteiger partial charge < -0.3 is 4.74 Å². The number of nitrogens with one attached hydrogen (secondary N) is 1. The quantitative estimate of drug-likeness (QED) is 0.411. The van der Waals surface area contributed by atoms with E-state index in [-0.39, 0.29) is 5.78 Å². The van der Waals surface area contributed by atoms with E-state index >= 15 is 0 Å².